The third-order valence-corrected chi connectivity index (χ3v) is 7.39. The Morgan fingerprint density at radius 3 is 2.38 bits per heavy atom. The largest absolute Gasteiger partial charge is 0.476 e. The van der Waals surface area contributed by atoms with Gasteiger partial charge in [-0.25, -0.2) is 13.7 Å². The van der Waals surface area contributed by atoms with Crippen molar-refractivity contribution in [3.63, 3.8) is 0 Å². The lowest BCUT2D eigenvalue weighted by atomic mass is 10.0. The molecule has 5 atom stereocenters. The zero-order chi connectivity index (χ0) is 26.7. The standard InChI is InChI=1S/C22H24N2O11P2/c25-18-9-10-23(21-20(27)19(26)17(34-21)13-33-36(29)35-37(30,31)32)22(28)24(18)12-14-5-4-8-16(11-14)15-6-2-1-3-7-15/h1-11,17,19-21,26-27,29H,12-13H2,(H2,30,31,32). The van der Waals surface area contributed by atoms with E-state index in [2.05, 4.69) is 4.31 Å². The summed E-state index contributed by atoms with van der Waals surface area (Å²) >= 11 is 0. The Hall–Kier alpha value is -2.54. The van der Waals surface area contributed by atoms with E-state index in [4.69, 9.17) is 19.0 Å². The predicted octanol–water partition coefficient (Wildman–Crippen LogP) is 0.690. The fourth-order valence-electron chi connectivity index (χ4n) is 3.88. The smallest absolute Gasteiger partial charge is 0.387 e. The van der Waals surface area contributed by atoms with Crippen LogP contribution in [-0.2, 0) is 24.7 Å². The molecule has 1 aliphatic heterocycles. The minimum Gasteiger partial charge on any atom is -0.387 e. The van der Waals surface area contributed by atoms with E-state index in [1.165, 1.54) is 0 Å². The molecule has 0 amide bonds. The minimum absolute atomic E-state index is 0.0639. The van der Waals surface area contributed by atoms with Crippen LogP contribution in [0.5, 0.6) is 0 Å². The highest BCUT2D eigenvalue weighted by molar-refractivity contribution is 7.57. The topological polar surface area (TPSA) is 190 Å². The van der Waals surface area contributed by atoms with Crippen LogP contribution in [0.1, 0.15) is 11.8 Å². The van der Waals surface area contributed by atoms with Gasteiger partial charge in [0.05, 0.1) is 13.2 Å². The van der Waals surface area contributed by atoms with Gasteiger partial charge in [0, 0.05) is 12.3 Å². The summed E-state index contributed by atoms with van der Waals surface area (Å²) in [5.41, 5.74) is 1.16. The first-order valence-electron chi connectivity index (χ1n) is 10.9. The van der Waals surface area contributed by atoms with Gasteiger partial charge >= 0.3 is 22.1 Å². The summed E-state index contributed by atoms with van der Waals surface area (Å²) in [5, 5.41) is 20.8. The Morgan fingerprint density at radius 1 is 0.973 bits per heavy atom. The third kappa shape index (κ3) is 6.67. The second kappa shape index (κ2) is 11.5. The van der Waals surface area contributed by atoms with Crippen molar-refractivity contribution in [2.45, 2.75) is 31.1 Å². The van der Waals surface area contributed by atoms with Crippen LogP contribution in [0.3, 0.4) is 0 Å². The summed E-state index contributed by atoms with van der Waals surface area (Å²) in [6.07, 6.45) is -4.77. The lowest BCUT2D eigenvalue weighted by Gasteiger charge is -2.19. The highest BCUT2D eigenvalue weighted by atomic mass is 31.3. The molecule has 5 unspecified atom stereocenters. The van der Waals surface area contributed by atoms with Crippen LogP contribution in [0.15, 0.2) is 76.4 Å². The molecule has 2 aromatic carbocycles. The molecule has 4 rings (SSSR count). The van der Waals surface area contributed by atoms with Crippen LogP contribution in [0.2, 0.25) is 0 Å². The molecule has 2 heterocycles. The fraction of sp³-hybridized carbons (Fsp3) is 0.273. The van der Waals surface area contributed by atoms with Gasteiger partial charge in [-0.1, -0.05) is 48.5 Å². The lowest BCUT2D eigenvalue weighted by Crippen LogP contribution is -2.43. The van der Waals surface area contributed by atoms with E-state index in [1.54, 1.807) is 12.1 Å². The van der Waals surface area contributed by atoms with E-state index < -0.39 is 58.8 Å². The van der Waals surface area contributed by atoms with E-state index in [-0.39, 0.29) is 6.54 Å². The normalized spacial score (nSPS) is 22.7. The second-order valence-electron chi connectivity index (χ2n) is 8.15. The quantitative estimate of drug-likeness (QED) is 0.234. The third-order valence-electron chi connectivity index (χ3n) is 5.61. The summed E-state index contributed by atoms with van der Waals surface area (Å²) in [6.45, 7) is -0.677. The van der Waals surface area contributed by atoms with Crippen molar-refractivity contribution < 1.29 is 43.0 Å². The molecule has 1 aromatic heterocycles. The highest BCUT2D eigenvalue weighted by Crippen LogP contribution is 2.52. The molecule has 0 spiro atoms. The molecule has 3 aromatic rings. The molecule has 1 saturated heterocycles. The van der Waals surface area contributed by atoms with E-state index in [0.29, 0.717) is 5.56 Å². The zero-order valence-corrected chi connectivity index (χ0v) is 20.8. The van der Waals surface area contributed by atoms with Gasteiger partial charge in [-0.05, 0) is 22.8 Å². The number of aliphatic hydroxyl groups is 2. The van der Waals surface area contributed by atoms with Gasteiger partial charge in [0.15, 0.2) is 6.23 Å². The molecular weight excluding hydrogens is 530 g/mol. The molecule has 0 radical (unpaired) electrons. The van der Waals surface area contributed by atoms with Gasteiger partial charge < -0.3 is 34.2 Å². The molecule has 198 valence electrons. The Bertz CT molecular complexity index is 1390. The van der Waals surface area contributed by atoms with Crippen LogP contribution >= 0.6 is 16.4 Å². The number of hydrogen-bond acceptors (Lipinski definition) is 9. The Balaban J connectivity index is 1.53. The number of rotatable bonds is 9. The number of aromatic nitrogens is 2. The van der Waals surface area contributed by atoms with Gasteiger partial charge in [0.2, 0.25) is 0 Å². The summed E-state index contributed by atoms with van der Waals surface area (Å²) in [6, 6.07) is 18.0. The van der Waals surface area contributed by atoms with Gasteiger partial charge in [-0.2, -0.15) is 0 Å². The van der Waals surface area contributed by atoms with Crippen molar-refractivity contribution >= 4 is 16.4 Å². The van der Waals surface area contributed by atoms with E-state index in [9.17, 15) is 29.3 Å². The highest BCUT2D eigenvalue weighted by Gasteiger charge is 2.45. The van der Waals surface area contributed by atoms with Crippen LogP contribution in [0.25, 0.3) is 11.1 Å². The molecule has 15 heteroatoms. The first kappa shape index (κ1) is 27.5. The maximum Gasteiger partial charge on any atom is 0.476 e. The van der Waals surface area contributed by atoms with Crippen LogP contribution in [0.4, 0.5) is 0 Å². The van der Waals surface area contributed by atoms with Gasteiger partial charge in [0.1, 0.15) is 18.3 Å². The van der Waals surface area contributed by atoms with Crippen molar-refractivity contribution in [2.24, 2.45) is 0 Å². The maximum absolute atomic E-state index is 13.2. The van der Waals surface area contributed by atoms with Crippen LogP contribution < -0.4 is 11.2 Å². The molecule has 0 aliphatic carbocycles. The summed E-state index contributed by atoms with van der Waals surface area (Å²) in [7, 11) is -8.01. The van der Waals surface area contributed by atoms with Crippen LogP contribution in [-0.4, -0.2) is 58.9 Å². The van der Waals surface area contributed by atoms with Crippen molar-refractivity contribution in [1.29, 1.82) is 0 Å². The second-order valence-corrected chi connectivity index (χ2v) is 10.5. The van der Waals surface area contributed by atoms with E-state index >= 15 is 0 Å². The Morgan fingerprint density at radius 2 is 1.68 bits per heavy atom. The monoisotopic (exact) mass is 554 g/mol. The Kier molecular flexibility index (Phi) is 8.52. The maximum atomic E-state index is 13.2. The Labute approximate surface area is 211 Å². The van der Waals surface area contributed by atoms with Crippen molar-refractivity contribution in [1.82, 2.24) is 9.13 Å². The average molecular weight is 554 g/mol. The van der Waals surface area contributed by atoms with Crippen molar-refractivity contribution in [3.8, 4) is 11.1 Å². The molecule has 13 nitrogen and oxygen atoms in total. The lowest BCUT2D eigenvalue weighted by molar-refractivity contribution is -0.0531. The number of benzene rings is 2. The summed E-state index contributed by atoms with van der Waals surface area (Å²) in [4.78, 5) is 52.6. The molecule has 0 saturated carbocycles. The number of nitrogens with zero attached hydrogens (tertiary/aromatic N) is 2. The molecule has 37 heavy (non-hydrogen) atoms. The molecule has 1 aliphatic rings. The molecule has 5 N–H and O–H groups in total. The summed E-state index contributed by atoms with van der Waals surface area (Å²) < 4.78 is 27.0. The van der Waals surface area contributed by atoms with Crippen molar-refractivity contribution in [2.75, 3.05) is 6.61 Å². The van der Waals surface area contributed by atoms with Gasteiger partial charge in [-0.15, -0.1) is 0 Å². The number of phosphoric acid groups is 1. The first-order valence-corrected chi connectivity index (χ1v) is 13.5. The molecular formula is C22H24N2O11P2. The molecule has 0 bridgehead atoms. The van der Waals surface area contributed by atoms with Gasteiger partial charge in [0.25, 0.3) is 5.56 Å². The SMILES string of the molecule is O=c1ccn(C2OC(COP(O)OP(=O)(O)O)C(O)C2O)c(=O)n1Cc1cccc(-c2ccccc2)c1. The summed E-state index contributed by atoms with van der Waals surface area (Å²) in [5.74, 6) is 0. The minimum atomic E-state index is -5.01. The average Bonchev–Trinajstić information content (AvgIpc) is 3.13. The number of hydrogen-bond donors (Lipinski definition) is 5. The predicted molar refractivity (Wildman–Crippen MR) is 130 cm³/mol. The van der Waals surface area contributed by atoms with E-state index in [1.807, 2.05) is 42.5 Å². The van der Waals surface area contributed by atoms with Gasteiger partial charge in [-0.3, -0.25) is 13.9 Å². The van der Waals surface area contributed by atoms with Crippen molar-refractivity contribution in [3.05, 3.63) is 93.3 Å². The zero-order valence-electron chi connectivity index (χ0n) is 19.0. The number of ether oxygens (including phenoxy) is 1. The molecule has 1 fully saturated rings. The fourth-order valence-corrected chi connectivity index (χ4v) is 5.07. The van der Waals surface area contributed by atoms with E-state index in [0.717, 1.165) is 32.5 Å². The first-order chi connectivity index (χ1) is 17.5. The van der Waals surface area contributed by atoms with Crippen LogP contribution in [0, 0.1) is 0 Å². The number of aliphatic hydroxyl groups excluding tert-OH is 2.